The summed E-state index contributed by atoms with van der Waals surface area (Å²) in [7, 11) is 0. The molecule has 0 saturated heterocycles. The second-order valence-electron chi connectivity index (χ2n) is 4.03. The lowest BCUT2D eigenvalue weighted by Crippen LogP contribution is -1.83. The Morgan fingerprint density at radius 3 is 2.24 bits per heavy atom. The molecule has 0 saturated carbocycles. The van der Waals surface area contributed by atoms with Crippen LogP contribution in [-0.2, 0) is 0 Å². The van der Waals surface area contributed by atoms with E-state index in [2.05, 4.69) is 63.8 Å². The van der Waals surface area contributed by atoms with Crippen LogP contribution in [0.1, 0.15) is 34.1 Å². The first-order valence-electron chi connectivity index (χ1n) is 6.13. The fourth-order valence-electron chi connectivity index (χ4n) is 1.40. The Morgan fingerprint density at radius 1 is 1.06 bits per heavy atom. The molecule has 17 heavy (non-hydrogen) atoms. The summed E-state index contributed by atoms with van der Waals surface area (Å²) >= 11 is 0. The highest BCUT2D eigenvalue weighted by molar-refractivity contribution is 5.48. The van der Waals surface area contributed by atoms with Crippen LogP contribution in [0.3, 0.4) is 0 Å². The maximum atomic E-state index is 3.77. The molecule has 0 radical (unpaired) electrons. The average molecular weight is 228 g/mol. The zero-order valence-electron chi connectivity index (χ0n) is 11.5. The highest BCUT2D eigenvalue weighted by Gasteiger charge is 1.95. The molecule has 0 spiro atoms. The van der Waals surface area contributed by atoms with Crippen LogP contribution >= 0.6 is 0 Å². The van der Waals surface area contributed by atoms with Gasteiger partial charge in [-0.25, -0.2) is 0 Å². The Labute approximate surface area is 106 Å². The number of rotatable bonds is 6. The minimum atomic E-state index is 1.03. The third-order valence-corrected chi connectivity index (χ3v) is 2.11. The first-order valence-corrected chi connectivity index (χ1v) is 6.13. The third-order valence-electron chi connectivity index (χ3n) is 2.11. The first-order chi connectivity index (χ1) is 8.15. The van der Waals surface area contributed by atoms with Crippen LogP contribution in [-0.4, -0.2) is 0 Å². The van der Waals surface area contributed by atoms with Crippen LogP contribution < -0.4 is 0 Å². The summed E-state index contributed by atoms with van der Waals surface area (Å²) in [5, 5.41) is 0. The van der Waals surface area contributed by atoms with Gasteiger partial charge in [-0.05, 0) is 38.3 Å². The summed E-state index contributed by atoms with van der Waals surface area (Å²) in [4.78, 5) is 0. The molecule has 0 aromatic heterocycles. The van der Waals surface area contributed by atoms with Crippen molar-refractivity contribution in [3.8, 4) is 0 Å². The summed E-state index contributed by atoms with van der Waals surface area (Å²) < 4.78 is 0. The molecule has 92 valence electrons. The van der Waals surface area contributed by atoms with Crippen molar-refractivity contribution in [2.45, 2.75) is 34.1 Å². The topological polar surface area (TPSA) is 0 Å². The molecule has 0 unspecified atom stereocenters. The lowest BCUT2D eigenvalue weighted by molar-refractivity contribution is 1.20. The number of hydrogen-bond acceptors (Lipinski definition) is 0. The van der Waals surface area contributed by atoms with Gasteiger partial charge in [0.2, 0.25) is 0 Å². The van der Waals surface area contributed by atoms with Gasteiger partial charge in [-0.15, -0.1) is 0 Å². The number of allylic oxidation sites excluding steroid dienone is 11. The van der Waals surface area contributed by atoms with Gasteiger partial charge in [-0.2, -0.15) is 0 Å². The predicted octanol–water partition coefficient (Wildman–Crippen LogP) is 5.53. The van der Waals surface area contributed by atoms with Crippen molar-refractivity contribution in [1.82, 2.24) is 0 Å². The van der Waals surface area contributed by atoms with Crippen molar-refractivity contribution in [3.63, 3.8) is 0 Å². The summed E-state index contributed by atoms with van der Waals surface area (Å²) in [6.45, 7) is 12.1. The summed E-state index contributed by atoms with van der Waals surface area (Å²) in [5.74, 6) is 0. The second-order valence-corrected chi connectivity index (χ2v) is 4.03. The van der Waals surface area contributed by atoms with E-state index in [1.54, 1.807) is 0 Å². The lowest BCUT2D eigenvalue weighted by Gasteiger charge is -2.02. The molecular formula is C17H24. The van der Waals surface area contributed by atoms with Gasteiger partial charge in [0.1, 0.15) is 0 Å². The van der Waals surface area contributed by atoms with Gasteiger partial charge >= 0.3 is 0 Å². The molecule has 0 rings (SSSR count). The van der Waals surface area contributed by atoms with E-state index in [1.807, 2.05) is 19.1 Å². The maximum absolute atomic E-state index is 3.77. The van der Waals surface area contributed by atoms with Crippen LogP contribution in [0.15, 0.2) is 71.9 Å². The SMILES string of the molecule is C=CC=C(C=CC=C(C)C)C(C=CC)=CCC. The maximum Gasteiger partial charge on any atom is -0.0188 e. The van der Waals surface area contributed by atoms with Crippen LogP contribution in [0, 0.1) is 0 Å². The smallest absolute Gasteiger partial charge is 0.0188 e. The minimum absolute atomic E-state index is 1.03. The van der Waals surface area contributed by atoms with Crippen molar-refractivity contribution in [3.05, 3.63) is 71.9 Å². The van der Waals surface area contributed by atoms with Gasteiger partial charge < -0.3 is 0 Å². The van der Waals surface area contributed by atoms with E-state index in [0.29, 0.717) is 0 Å². The molecule has 0 N–H and O–H groups in total. The third kappa shape index (κ3) is 7.35. The first kappa shape index (κ1) is 15.4. The van der Waals surface area contributed by atoms with E-state index in [4.69, 9.17) is 0 Å². The predicted molar refractivity (Wildman–Crippen MR) is 80.0 cm³/mol. The summed E-state index contributed by atoms with van der Waals surface area (Å²) in [6, 6.07) is 0. The molecule has 0 atom stereocenters. The molecule has 0 aliphatic heterocycles. The Bertz CT molecular complexity index is 367. The quantitative estimate of drug-likeness (QED) is 0.524. The average Bonchev–Trinajstić information content (AvgIpc) is 2.27. The Hall–Kier alpha value is -1.56. The van der Waals surface area contributed by atoms with Gasteiger partial charge in [0.25, 0.3) is 0 Å². The van der Waals surface area contributed by atoms with Crippen molar-refractivity contribution in [2.75, 3.05) is 0 Å². The minimum Gasteiger partial charge on any atom is -0.0990 e. The molecule has 0 aromatic carbocycles. The van der Waals surface area contributed by atoms with Crippen molar-refractivity contribution < 1.29 is 0 Å². The zero-order chi connectivity index (χ0) is 13.1. The summed E-state index contributed by atoms with van der Waals surface area (Å²) in [5.41, 5.74) is 3.73. The van der Waals surface area contributed by atoms with E-state index in [1.165, 1.54) is 16.7 Å². The largest absolute Gasteiger partial charge is 0.0990 e. The highest BCUT2D eigenvalue weighted by Crippen LogP contribution is 2.15. The van der Waals surface area contributed by atoms with E-state index in [-0.39, 0.29) is 0 Å². The molecule has 0 bridgehead atoms. The van der Waals surface area contributed by atoms with Crippen molar-refractivity contribution in [1.29, 1.82) is 0 Å². The van der Waals surface area contributed by atoms with Crippen molar-refractivity contribution >= 4 is 0 Å². The monoisotopic (exact) mass is 228 g/mol. The Morgan fingerprint density at radius 2 is 1.76 bits per heavy atom. The molecule has 0 heteroatoms. The normalized spacial score (nSPS) is 13.4. The van der Waals surface area contributed by atoms with E-state index in [9.17, 15) is 0 Å². The molecule has 0 amide bonds. The molecule has 0 heterocycles. The van der Waals surface area contributed by atoms with Gasteiger partial charge in [0.05, 0.1) is 0 Å². The van der Waals surface area contributed by atoms with Crippen LogP contribution in [0.2, 0.25) is 0 Å². The lowest BCUT2D eigenvalue weighted by atomic mass is 10.0. The van der Waals surface area contributed by atoms with E-state index >= 15 is 0 Å². The zero-order valence-corrected chi connectivity index (χ0v) is 11.5. The molecule has 0 aliphatic carbocycles. The van der Waals surface area contributed by atoms with Gasteiger partial charge in [-0.3, -0.25) is 0 Å². The Balaban J connectivity index is 5.15. The van der Waals surface area contributed by atoms with E-state index < -0.39 is 0 Å². The molecule has 0 aliphatic rings. The fourth-order valence-corrected chi connectivity index (χ4v) is 1.40. The highest BCUT2D eigenvalue weighted by atomic mass is 14.0. The molecule has 0 fully saturated rings. The van der Waals surface area contributed by atoms with Gasteiger partial charge in [-0.1, -0.05) is 67.7 Å². The Kier molecular flexibility index (Phi) is 8.77. The fraction of sp³-hybridized carbons (Fsp3) is 0.294. The van der Waals surface area contributed by atoms with Crippen LogP contribution in [0.4, 0.5) is 0 Å². The van der Waals surface area contributed by atoms with E-state index in [0.717, 1.165) is 6.42 Å². The second kappa shape index (κ2) is 9.65. The molecule has 0 nitrogen and oxygen atoms in total. The van der Waals surface area contributed by atoms with Crippen LogP contribution in [0.25, 0.3) is 0 Å². The molecular weight excluding hydrogens is 204 g/mol. The number of hydrogen-bond donors (Lipinski definition) is 0. The standard InChI is InChI=1S/C17H24/c1-6-10-16(11-7-2)17(12-8-3)14-9-13-15(4)5/h6,8-14H,3,7H2,1-2,4-5H3. The van der Waals surface area contributed by atoms with Crippen LogP contribution in [0.5, 0.6) is 0 Å². The summed E-state index contributed by atoms with van der Waals surface area (Å²) in [6.07, 6.45) is 17.6. The van der Waals surface area contributed by atoms with Gasteiger partial charge in [0.15, 0.2) is 0 Å². The van der Waals surface area contributed by atoms with Crippen molar-refractivity contribution in [2.24, 2.45) is 0 Å². The van der Waals surface area contributed by atoms with Gasteiger partial charge in [0, 0.05) is 0 Å². The molecule has 0 aromatic rings.